The summed E-state index contributed by atoms with van der Waals surface area (Å²) in [5, 5.41) is 0. The van der Waals surface area contributed by atoms with E-state index in [4.69, 9.17) is 0 Å². The van der Waals surface area contributed by atoms with Crippen LogP contribution in [-0.4, -0.2) is 47.6 Å². The second kappa shape index (κ2) is 10.5. The van der Waals surface area contributed by atoms with Crippen molar-refractivity contribution < 1.29 is 4.79 Å². The van der Waals surface area contributed by atoms with Crippen LogP contribution >= 0.6 is 11.8 Å². The largest absolute Gasteiger partial charge is 0.336 e. The summed E-state index contributed by atoms with van der Waals surface area (Å²) in [5.41, 5.74) is 3.38. The zero-order chi connectivity index (χ0) is 21.5. The Kier molecular flexibility index (Phi) is 7.23. The van der Waals surface area contributed by atoms with E-state index in [9.17, 15) is 4.79 Å². The lowest BCUT2D eigenvalue weighted by atomic mass is 9.96. The van der Waals surface area contributed by atoms with Crippen molar-refractivity contribution in [1.82, 2.24) is 9.80 Å². The number of carbonyl (C=O) groups excluding carboxylic acids is 1. The molecule has 31 heavy (non-hydrogen) atoms. The molecule has 0 radical (unpaired) electrons. The molecule has 4 rings (SSSR count). The average Bonchev–Trinajstić information content (AvgIpc) is 2.84. The van der Waals surface area contributed by atoms with Crippen LogP contribution in [0, 0.1) is 0 Å². The monoisotopic (exact) mass is 428 g/mol. The molecule has 1 saturated heterocycles. The lowest BCUT2D eigenvalue weighted by Gasteiger charge is -2.40. The third-order valence-electron chi connectivity index (χ3n) is 5.67. The van der Waals surface area contributed by atoms with Crippen LogP contribution in [0.25, 0.3) is 0 Å². The number of benzene rings is 3. The van der Waals surface area contributed by atoms with E-state index in [1.54, 1.807) is 11.8 Å². The third-order valence-corrected chi connectivity index (χ3v) is 6.74. The highest BCUT2D eigenvalue weighted by molar-refractivity contribution is 7.99. The zero-order valence-corrected chi connectivity index (χ0v) is 18.5. The van der Waals surface area contributed by atoms with Crippen molar-refractivity contribution in [3.8, 4) is 0 Å². The number of thioether (sulfide) groups is 1. The van der Waals surface area contributed by atoms with Gasteiger partial charge < -0.3 is 4.90 Å². The van der Waals surface area contributed by atoms with Crippen molar-refractivity contribution in [3.63, 3.8) is 0 Å². The Balaban J connectivity index is 1.50. The number of nitrogens with zero attached hydrogens (tertiary/aromatic N) is 2. The fourth-order valence-electron chi connectivity index (χ4n) is 4.16. The molecule has 3 aromatic rings. The molecule has 1 amide bonds. The summed E-state index contributed by atoms with van der Waals surface area (Å²) in [6.07, 6.45) is 1.87. The highest BCUT2D eigenvalue weighted by Crippen LogP contribution is 2.30. The molecule has 4 heteroatoms. The molecule has 0 atom stereocenters. The Morgan fingerprint density at radius 1 is 0.839 bits per heavy atom. The first kappa shape index (κ1) is 21.4. The van der Waals surface area contributed by atoms with Crippen molar-refractivity contribution in [1.29, 1.82) is 0 Å². The second-order valence-corrected chi connectivity index (χ2v) is 8.71. The van der Waals surface area contributed by atoms with Gasteiger partial charge >= 0.3 is 0 Å². The Labute approximate surface area is 189 Å². The Hall–Kier alpha value is -2.82. The van der Waals surface area contributed by atoms with Crippen LogP contribution in [-0.2, 0) is 0 Å². The molecule has 0 aliphatic carbocycles. The summed E-state index contributed by atoms with van der Waals surface area (Å²) >= 11 is 1.66. The van der Waals surface area contributed by atoms with Crippen molar-refractivity contribution >= 4 is 17.7 Å². The lowest BCUT2D eigenvalue weighted by Crippen LogP contribution is -2.50. The average molecular weight is 429 g/mol. The first-order chi connectivity index (χ1) is 15.3. The Morgan fingerprint density at radius 2 is 1.39 bits per heavy atom. The molecule has 158 valence electrons. The predicted octanol–water partition coefficient (Wildman–Crippen LogP) is 5.51. The summed E-state index contributed by atoms with van der Waals surface area (Å²) in [4.78, 5) is 18.8. The molecule has 0 saturated carbocycles. The normalized spacial score (nSPS) is 14.5. The summed E-state index contributed by atoms with van der Waals surface area (Å²) in [5.74, 6) is 0.927. The molecule has 1 aliphatic rings. The SMILES string of the molecule is C=CCSc1ccccc1C(=O)N1CCN(C(c2ccccc2)c2ccccc2)CC1. The second-order valence-electron chi connectivity index (χ2n) is 7.65. The van der Waals surface area contributed by atoms with E-state index < -0.39 is 0 Å². The van der Waals surface area contributed by atoms with E-state index in [0.717, 1.165) is 42.4 Å². The molecule has 1 heterocycles. The van der Waals surface area contributed by atoms with Gasteiger partial charge in [-0.3, -0.25) is 9.69 Å². The van der Waals surface area contributed by atoms with Crippen LogP contribution < -0.4 is 0 Å². The van der Waals surface area contributed by atoms with Gasteiger partial charge in [0.25, 0.3) is 5.91 Å². The van der Waals surface area contributed by atoms with E-state index in [2.05, 4.69) is 72.1 Å². The molecule has 0 bridgehead atoms. The molecule has 1 aliphatic heterocycles. The van der Waals surface area contributed by atoms with Crippen molar-refractivity contribution in [2.75, 3.05) is 31.9 Å². The van der Waals surface area contributed by atoms with Gasteiger partial charge in [-0.15, -0.1) is 18.3 Å². The molecule has 3 aromatic carbocycles. The van der Waals surface area contributed by atoms with E-state index in [1.807, 2.05) is 35.2 Å². The predicted molar refractivity (Wildman–Crippen MR) is 130 cm³/mol. The molecule has 0 unspecified atom stereocenters. The van der Waals surface area contributed by atoms with Crippen LogP contribution in [0.5, 0.6) is 0 Å². The van der Waals surface area contributed by atoms with Gasteiger partial charge in [0.2, 0.25) is 0 Å². The third kappa shape index (κ3) is 5.09. The van der Waals surface area contributed by atoms with Gasteiger partial charge in [0.15, 0.2) is 0 Å². The maximum Gasteiger partial charge on any atom is 0.255 e. The summed E-state index contributed by atoms with van der Waals surface area (Å²) in [7, 11) is 0. The van der Waals surface area contributed by atoms with Gasteiger partial charge in [0.1, 0.15) is 0 Å². The van der Waals surface area contributed by atoms with E-state index in [-0.39, 0.29) is 11.9 Å². The highest BCUT2D eigenvalue weighted by atomic mass is 32.2. The summed E-state index contributed by atoms with van der Waals surface area (Å²) in [6, 6.07) is 29.4. The van der Waals surface area contributed by atoms with Gasteiger partial charge in [-0.1, -0.05) is 78.9 Å². The highest BCUT2D eigenvalue weighted by Gasteiger charge is 2.29. The molecule has 0 N–H and O–H groups in total. The molecule has 1 fully saturated rings. The Morgan fingerprint density at radius 3 is 1.97 bits per heavy atom. The van der Waals surface area contributed by atoms with E-state index >= 15 is 0 Å². The molecular formula is C27H28N2OS. The van der Waals surface area contributed by atoms with Crippen molar-refractivity contribution in [2.24, 2.45) is 0 Å². The van der Waals surface area contributed by atoms with Gasteiger partial charge in [-0.25, -0.2) is 0 Å². The van der Waals surface area contributed by atoms with Gasteiger partial charge in [0, 0.05) is 36.8 Å². The number of hydrogen-bond donors (Lipinski definition) is 0. The maximum atomic E-state index is 13.3. The van der Waals surface area contributed by atoms with E-state index in [0.29, 0.717) is 0 Å². The first-order valence-electron chi connectivity index (χ1n) is 10.7. The minimum absolute atomic E-state index is 0.128. The maximum absolute atomic E-state index is 13.3. The lowest BCUT2D eigenvalue weighted by molar-refractivity contribution is 0.0594. The van der Waals surface area contributed by atoms with Crippen LogP contribution in [0.4, 0.5) is 0 Å². The van der Waals surface area contributed by atoms with Crippen molar-refractivity contribution in [2.45, 2.75) is 10.9 Å². The fraction of sp³-hybridized carbons (Fsp3) is 0.222. The number of amides is 1. The minimum Gasteiger partial charge on any atom is -0.336 e. The smallest absolute Gasteiger partial charge is 0.255 e. The van der Waals surface area contributed by atoms with Gasteiger partial charge in [-0.05, 0) is 23.3 Å². The van der Waals surface area contributed by atoms with Crippen LogP contribution in [0.1, 0.15) is 27.5 Å². The van der Waals surface area contributed by atoms with Crippen molar-refractivity contribution in [3.05, 3.63) is 114 Å². The quantitative estimate of drug-likeness (QED) is 0.366. The summed E-state index contributed by atoms with van der Waals surface area (Å²) < 4.78 is 0. The van der Waals surface area contributed by atoms with Crippen LogP contribution in [0.3, 0.4) is 0 Å². The fourth-order valence-corrected chi connectivity index (χ4v) is 4.94. The molecular weight excluding hydrogens is 400 g/mol. The van der Waals surface area contributed by atoms with Gasteiger partial charge in [-0.2, -0.15) is 0 Å². The molecule has 3 nitrogen and oxygen atoms in total. The van der Waals surface area contributed by atoms with Crippen LogP contribution in [0.2, 0.25) is 0 Å². The van der Waals surface area contributed by atoms with E-state index in [1.165, 1.54) is 11.1 Å². The van der Waals surface area contributed by atoms with Gasteiger partial charge in [0.05, 0.1) is 11.6 Å². The number of rotatable bonds is 7. The zero-order valence-electron chi connectivity index (χ0n) is 17.7. The molecule has 0 aromatic heterocycles. The number of carbonyl (C=O) groups is 1. The number of piperazine rings is 1. The Bertz CT molecular complexity index is 959. The standard InChI is InChI=1S/C27H28N2OS/c1-2-21-31-25-16-10-9-15-24(25)27(30)29-19-17-28(18-20-29)26(22-11-5-3-6-12-22)23-13-7-4-8-14-23/h2-16,26H,1,17-21H2. The topological polar surface area (TPSA) is 23.6 Å². The number of hydrogen-bond acceptors (Lipinski definition) is 3. The minimum atomic E-state index is 0.128. The first-order valence-corrected chi connectivity index (χ1v) is 11.7. The molecule has 0 spiro atoms. The summed E-state index contributed by atoms with van der Waals surface area (Å²) in [6.45, 7) is 6.96. The van der Waals surface area contributed by atoms with Crippen LogP contribution in [0.15, 0.2) is 102 Å².